The highest BCUT2D eigenvalue weighted by Gasteiger charge is 2.38. The van der Waals surface area contributed by atoms with Gasteiger partial charge in [-0.2, -0.15) is 0 Å². The number of nitrogens with zero attached hydrogens (tertiary/aromatic N) is 2. The highest BCUT2D eigenvalue weighted by atomic mass is 19.1. The van der Waals surface area contributed by atoms with Crippen LogP contribution in [0.2, 0.25) is 0 Å². The summed E-state index contributed by atoms with van der Waals surface area (Å²) in [5, 5.41) is 31.7. The lowest BCUT2D eigenvalue weighted by Gasteiger charge is -2.41. The molecule has 13 rings (SSSR count). The van der Waals surface area contributed by atoms with Crippen LogP contribution in [-0.2, 0) is 41.2 Å². The van der Waals surface area contributed by atoms with Crippen molar-refractivity contribution >= 4 is 43.6 Å². The van der Waals surface area contributed by atoms with E-state index in [9.17, 15) is 10.2 Å². The van der Waals surface area contributed by atoms with E-state index in [1.807, 2.05) is 13.8 Å². The fraction of sp³-hybridized carbons (Fsp3) is 0.415. The van der Waals surface area contributed by atoms with Crippen molar-refractivity contribution in [1.29, 1.82) is 0 Å². The molecule has 0 aliphatic heterocycles. The van der Waals surface area contributed by atoms with Gasteiger partial charge in [-0.1, -0.05) is 250 Å². The van der Waals surface area contributed by atoms with Crippen LogP contribution >= 0.6 is 0 Å². The Labute approximate surface area is 681 Å². The molecule has 6 nitrogen and oxygen atoms in total. The summed E-state index contributed by atoms with van der Waals surface area (Å²) in [5.74, 6) is 0.667. The van der Waals surface area contributed by atoms with E-state index < -0.39 is 17.0 Å². The van der Waals surface area contributed by atoms with Gasteiger partial charge in [0.1, 0.15) is 23.1 Å². The Kier molecular flexibility index (Phi) is 21.5. The van der Waals surface area contributed by atoms with E-state index in [0.29, 0.717) is 69.5 Å². The number of phenolic OH excluding ortho intramolecular Hbond substituents is 2. The standard InChI is InChI=1S/C106H128F2N2O4/c1-63-33-37-81-82-38-34-64(2)42-90(82)109(89(81)41-63)93-55-77(105(23,24)61-99(5,6)7)53-85(95(93)111)87-57-79(107)43-65(3)97(87)113(27)59-69-31-29-30-32-70(69)60-114(28)98-66(4)44-80(108)58-88(98)86-54-78(106(25,26)62-100(8,9)10)56-94(96(86)112)110-91-49-67(71-45-73(101(11,12)13)51-74(46-71)102(14,15)16)35-39-83(91)84-40-36-68(50-92(84)110)72-47-75(103(17,18)19)52-76(48-72)104(20,21)22/h33-58,69-70,111-112H,27-32,59-62H2,1-26H3. The number of hydrogen-bond acceptors (Lipinski definition) is 2. The van der Waals surface area contributed by atoms with E-state index in [0.717, 1.165) is 127 Å². The Morgan fingerprint density at radius 3 is 0.965 bits per heavy atom. The van der Waals surface area contributed by atoms with E-state index in [4.69, 9.17) is 14.2 Å². The van der Waals surface area contributed by atoms with Gasteiger partial charge >= 0.3 is 0 Å². The largest absolute Gasteiger partial charge is 0.711 e. The maximum absolute atomic E-state index is 17.1. The van der Waals surface area contributed by atoms with E-state index in [-0.39, 0.29) is 61.2 Å². The average Bonchev–Trinajstić information content (AvgIpc) is 1.58. The first-order valence-corrected chi connectivity index (χ1v) is 41.6. The first kappa shape index (κ1) is 82.8. The van der Waals surface area contributed by atoms with Gasteiger partial charge in [-0.25, -0.2) is 8.78 Å². The van der Waals surface area contributed by atoms with Crippen LogP contribution in [0.4, 0.5) is 8.78 Å². The molecular formula is C106H128F2N2O4. The van der Waals surface area contributed by atoms with Gasteiger partial charge in [0.15, 0.2) is 13.2 Å². The van der Waals surface area contributed by atoms with Crippen LogP contribution in [0.5, 0.6) is 23.0 Å². The molecule has 1 fully saturated rings. The lowest BCUT2D eigenvalue weighted by atomic mass is 9.71. The molecule has 600 valence electrons. The minimum atomic E-state index is -0.453. The van der Waals surface area contributed by atoms with E-state index >= 15 is 8.78 Å². The Balaban J connectivity index is 0.960. The number of aromatic nitrogens is 2. The van der Waals surface area contributed by atoms with Crippen molar-refractivity contribution in [2.75, 3.05) is 13.2 Å². The Morgan fingerprint density at radius 2 is 0.658 bits per heavy atom. The number of aryl methyl sites for hydroxylation is 4. The molecule has 1 aliphatic rings. The summed E-state index contributed by atoms with van der Waals surface area (Å²) in [5.41, 5.74) is 20.7. The predicted molar refractivity (Wildman–Crippen MR) is 481 cm³/mol. The third kappa shape index (κ3) is 16.6. The van der Waals surface area contributed by atoms with Gasteiger partial charge < -0.3 is 28.1 Å². The molecule has 0 bridgehead atoms. The number of aromatic hydroxyl groups is 2. The zero-order valence-corrected chi connectivity index (χ0v) is 73.6. The van der Waals surface area contributed by atoms with Crippen LogP contribution in [0, 0.1) is 76.2 Å². The lowest BCUT2D eigenvalue weighted by Crippen LogP contribution is -2.31. The quantitative estimate of drug-likeness (QED) is 0.0748. The Hall–Kier alpha value is -9.14. The minimum Gasteiger partial charge on any atom is -0.711 e. The number of hydrogen-bond donors (Lipinski definition) is 2. The predicted octanol–water partition coefficient (Wildman–Crippen LogP) is 30.7. The van der Waals surface area contributed by atoms with E-state index in [1.165, 1.54) is 22.3 Å². The van der Waals surface area contributed by atoms with Crippen LogP contribution in [0.15, 0.2) is 158 Å². The molecule has 0 radical (unpaired) electrons. The summed E-state index contributed by atoms with van der Waals surface area (Å²) in [6.45, 7) is 59.2. The number of halogens is 2. The average molecular weight is 1530 g/mol. The fourth-order valence-corrected chi connectivity index (χ4v) is 19.1. The van der Waals surface area contributed by atoms with Crippen molar-refractivity contribution in [3.8, 4) is 78.9 Å². The van der Waals surface area contributed by atoms with Crippen LogP contribution in [0.25, 0.3) is 99.5 Å². The zero-order valence-electron chi connectivity index (χ0n) is 73.6. The highest BCUT2D eigenvalue weighted by Crippen LogP contribution is 2.55. The van der Waals surface area contributed by atoms with Crippen LogP contribution in [0.3, 0.4) is 0 Å². The van der Waals surface area contributed by atoms with Crippen molar-refractivity contribution in [3.63, 3.8) is 0 Å². The smallest absolute Gasteiger partial charge is 0.237 e. The Bertz CT molecular complexity index is 5470. The van der Waals surface area contributed by atoms with Crippen molar-refractivity contribution in [2.45, 2.75) is 251 Å². The second-order valence-electron chi connectivity index (χ2n) is 42.1. The van der Waals surface area contributed by atoms with E-state index in [2.05, 4.69) is 317 Å². The molecule has 2 N–H and O–H groups in total. The fourth-order valence-electron chi connectivity index (χ4n) is 19.1. The van der Waals surface area contributed by atoms with Gasteiger partial charge in [0.05, 0.1) is 44.6 Å². The molecule has 10 aromatic carbocycles. The summed E-state index contributed by atoms with van der Waals surface area (Å²) < 4.78 is 44.8. The van der Waals surface area contributed by atoms with Gasteiger partial charge in [-0.15, -0.1) is 0 Å². The topological polar surface area (TPSA) is 55.7 Å². The molecule has 2 aromatic heterocycles. The third-order valence-corrected chi connectivity index (χ3v) is 24.5. The molecule has 1 saturated carbocycles. The molecule has 0 amide bonds. The molecular weight excluding hydrogens is 1400 g/mol. The summed E-state index contributed by atoms with van der Waals surface area (Å²) >= 11 is 0. The van der Waals surface area contributed by atoms with Crippen LogP contribution in [0.1, 0.15) is 246 Å². The van der Waals surface area contributed by atoms with Crippen molar-refractivity contribution < 1.29 is 27.7 Å². The van der Waals surface area contributed by atoms with Crippen LogP contribution < -0.4 is 0 Å². The molecule has 114 heavy (non-hydrogen) atoms. The number of phenols is 2. The first-order valence-electron chi connectivity index (χ1n) is 41.6. The number of rotatable bonds is 16. The van der Waals surface area contributed by atoms with Crippen molar-refractivity contribution in [1.82, 2.24) is 9.13 Å². The van der Waals surface area contributed by atoms with Gasteiger partial charge in [0, 0.05) is 55.6 Å². The number of benzene rings is 10. The molecule has 8 heteroatoms. The maximum atomic E-state index is 17.1. The zero-order chi connectivity index (χ0) is 83.1. The summed E-state index contributed by atoms with van der Waals surface area (Å²) in [4.78, 5) is 0. The van der Waals surface area contributed by atoms with E-state index in [1.54, 1.807) is 24.3 Å². The normalized spacial score (nSPS) is 15.2. The number of fused-ring (bicyclic) bond motifs is 6. The molecule has 2 unspecified atom stereocenters. The monoisotopic (exact) mass is 1530 g/mol. The summed E-state index contributed by atoms with van der Waals surface area (Å²) in [7, 11) is 9.66. The summed E-state index contributed by atoms with van der Waals surface area (Å²) in [6.07, 6.45) is 5.43. The van der Waals surface area contributed by atoms with Gasteiger partial charge in [-0.3, -0.25) is 0 Å². The van der Waals surface area contributed by atoms with Gasteiger partial charge in [0.25, 0.3) is 0 Å². The maximum Gasteiger partial charge on any atom is 0.237 e. The molecule has 1 aliphatic carbocycles. The second kappa shape index (κ2) is 29.5. The highest BCUT2D eigenvalue weighted by molar-refractivity contribution is 6.12. The van der Waals surface area contributed by atoms with Crippen molar-refractivity contribution in [2.24, 2.45) is 22.7 Å². The SMILES string of the molecule is [CH2-][O+](CC1CCCCC1C[O+]([CH2-])c1c(C)cc(F)cc1-c1cc(C(C)(C)CC(C)(C)C)cc(-n2c3cc(-c4cc(C(C)(C)C)cc(C(C)(C)C)c4)ccc3c3ccc(-c4cc(C(C)(C)C)cc(C(C)(C)C)c4)cc32)c1O)c1c(C)cc(F)cc1-c1cc(C(C)(C)CC(C)(C)C)cc(-n2c3cc(C)ccc3c3ccc(C)cc32)c1O. The lowest BCUT2D eigenvalue weighted by molar-refractivity contribution is -0.0612. The van der Waals surface area contributed by atoms with Crippen molar-refractivity contribution in [3.05, 3.63) is 239 Å². The Morgan fingerprint density at radius 1 is 0.351 bits per heavy atom. The molecule has 2 atom stereocenters. The molecule has 2 heterocycles. The molecule has 0 spiro atoms. The second-order valence-corrected chi connectivity index (χ2v) is 42.1. The molecule has 0 saturated heterocycles. The third-order valence-electron chi connectivity index (χ3n) is 24.5. The van der Waals surface area contributed by atoms with Crippen LogP contribution in [-0.4, -0.2) is 32.6 Å². The minimum absolute atomic E-state index is 0.0292. The summed E-state index contributed by atoms with van der Waals surface area (Å²) in [6, 6.07) is 55.8. The first-order chi connectivity index (χ1) is 52.8. The molecule has 12 aromatic rings. The van der Waals surface area contributed by atoms with Gasteiger partial charge in [0.2, 0.25) is 11.5 Å². The van der Waals surface area contributed by atoms with Gasteiger partial charge in [-0.05, 0) is 250 Å².